The molecule has 1 aromatic rings. The van der Waals surface area contributed by atoms with Crippen molar-refractivity contribution >= 4 is 11.9 Å². The first-order chi connectivity index (χ1) is 18.6. The molecule has 1 unspecified atom stereocenters. The highest BCUT2D eigenvalue weighted by atomic mass is 16.6. The number of carbonyl (C=O) groups is 2. The molecule has 2 bridgehead atoms. The molecule has 2 aliphatic rings. The number of rotatable bonds is 18. The Morgan fingerprint density at radius 1 is 0.895 bits per heavy atom. The molecule has 2 heterocycles. The summed E-state index contributed by atoms with van der Waals surface area (Å²) in [6.45, 7) is 2.30. The number of ether oxygens (including phenoxy) is 2. The Morgan fingerprint density at radius 3 is 2.16 bits per heavy atom. The molecule has 3 rings (SSSR count). The molecule has 2 fully saturated rings. The second-order valence-corrected chi connectivity index (χ2v) is 11.4. The van der Waals surface area contributed by atoms with Crippen LogP contribution in [0.3, 0.4) is 0 Å². The summed E-state index contributed by atoms with van der Waals surface area (Å²) in [5, 5.41) is 0. The number of hydrogen-bond donors (Lipinski definition) is 0. The van der Waals surface area contributed by atoms with Crippen LogP contribution in [-0.2, 0) is 19.1 Å². The molecule has 4 atom stereocenters. The molecule has 2 aliphatic heterocycles. The summed E-state index contributed by atoms with van der Waals surface area (Å²) in [5.41, 5.74) is 0.840. The molecule has 0 spiro atoms. The molecule has 0 aromatic heterocycles. The number of hydrogen-bond acceptors (Lipinski definition) is 5. The maximum absolute atomic E-state index is 13.2. The zero-order valence-corrected chi connectivity index (χ0v) is 24.0. The lowest BCUT2D eigenvalue weighted by Gasteiger charge is -2.36. The van der Waals surface area contributed by atoms with Gasteiger partial charge < -0.3 is 14.4 Å². The number of nitrogens with zero attached hydrogens (tertiary/aromatic N) is 1. The van der Waals surface area contributed by atoms with Gasteiger partial charge in [-0.25, -0.2) is 0 Å². The third-order valence-electron chi connectivity index (χ3n) is 8.38. The van der Waals surface area contributed by atoms with Crippen molar-refractivity contribution in [3.8, 4) is 0 Å². The highest BCUT2D eigenvalue weighted by molar-refractivity contribution is 5.79. The SMILES string of the molecule is CCCCCCCCCC=CCCCCC(=O)OCC(C(=O)O[C@H]1C[C@H]2CC[C@@H](C1)N2C)c1ccccc1. The lowest BCUT2D eigenvalue weighted by molar-refractivity contribution is -0.158. The quantitative estimate of drug-likeness (QED) is 0.111. The third-order valence-corrected chi connectivity index (χ3v) is 8.38. The smallest absolute Gasteiger partial charge is 0.317 e. The van der Waals surface area contributed by atoms with Gasteiger partial charge in [-0.05, 0) is 70.4 Å². The van der Waals surface area contributed by atoms with Gasteiger partial charge in [0, 0.05) is 18.5 Å². The Morgan fingerprint density at radius 2 is 1.50 bits per heavy atom. The van der Waals surface area contributed by atoms with Crippen LogP contribution in [-0.4, -0.2) is 48.7 Å². The molecule has 0 saturated carbocycles. The molecule has 0 aliphatic carbocycles. The summed E-state index contributed by atoms with van der Waals surface area (Å²) in [6.07, 6.45) is 22.4. The fourth-order valence-electron chi connectivity index (χ4n) is 5.92. The lowest BCUT2D eigenvalue weighted by Crippen LogP contribution is -2.44. The number of allylic oxidation sites excluding steroid dienone is 2. The number of benzene rings is 1. The van der Waals surface area contributed by atoms with Crippen LogP contribution < -0.4 is 0 Å². The van der Waals surface area contributed by atoms with E-state index in [1.54, 1.807) is 0 Å². The van der Waals surface area contributed by atoms with Crippen LogP contribution in [0.15, 0.2) is 42.5 Å². The fourth-order valence-corrected chi connectivity index (χ4v) is 5.92. The van der Waals surface area contributed by atoms with Crippen LogP contribution >= 0.6 is 0 Å². The number of esters is 2. The van der Waals surface area contributed by atoms with E-state index in [1.807, 2.05) is 30.3 Å². The second kappa shape index (κ2) is 17.4. The number of unbranched alkanes of at least 4 members (excludes halogenated alkanes) is 9. The van der Waals surface area contributed by atoms with Gasteiger partial charge in [0.2, 0.25) is 0 Å². The Balaban J connectivity index is 1.31. The summed E-state index contributed by atoms with van der Waals surface area (Å²) in [7, 11) is 2.18. The summed E-state index contributed by atoms with van der Waals surface area (Å²) in [4.78, 5) is 28.1. The average molecular weight is 526 g/mol. The predicted molar refractivity (Wildman–Crippen MR) is 154 cm³/mol. The van der Waals surface area contributed by atoms with Gasteiger partial charge in [0.15, 0.2) is 0 Å². The molecule has 0 amide bonds. The van der Waals surface area contributed by atoms with Crippen LogP contribution in [0.25, 0.3) is 0 Å². The van der Waals surface area contributed by atoms with Crippen LogP contribution in [0.4, 0.5) is 0 Å². The van der Waals surface area contributed by atoms with E-state index in [0.717, 1.165) is 44.1 Å². The Bertz CT molecular complexity index is 825. The second-order valence-electron chi connectivity index (χ2n) is 11.4. The van der Waals surface area contributed by atoms with Gasteiger partial charge in [0.25, 0.3) is 0 Å². The Kier molecular flexibility index (Phi) is 14.0. The zero-order chi connectivity index (χ0) is 27.0. The number of piperidine rings is 1. The minimum atomic E-state index is -0.577. The summed E-state index contributed by atoms with van der Waals surface area (Å²) >= 11 is 0. The topological polar surface area (TPSA) is 55.8 Å². The van der Waals surface area contributed by atoms with Gasteiger partial charge in [0.05, 0.1) is 0 Å². The largest absolute Gasteiger partial charge is 0.464 e. The standard InChI is InChI=1S/C33H51NO4/c1-3-4-5-6-7-8-9-10-11-12-13-14-18-21-32(35)37-26-31(27-19-16-15-17-20-27)33(36)38-30-24-28-22-23-29(25-30)34(28)2/h11-12,15-17,19-20,28-31H,3-10,13-14,18,21-26H2,1-2H3/t28-,29+,30+,31?. The van der Waals surface area contributed by atoms with Crippen molar-refractivity contribution < 1.29 is 19.1 Å². The zero-order valence-electron chi connectivity index (χ0n) is 24.0. The maximum atomic E-state index is 13.2. The normalized spacial score (nSPS) is 22.0. The molecular formula is C33H51NO4. The van der Waals surface area contributed by atoms with Crippen molar-refractivity contribution in [2.45, 2.75) is 134 Å². The highest BCUT2D eigenvalue weighted by Crippen LogP contribution is 2.36. The van der Waals surface area contributed by atoms with Crippen molar-refractivity contribution in [2.75, 3.05) is 13.7 Å². The number of fused-ring (bicyclic) bond motifs is 2. The van der Waals surface area contributed by atoms with E-state index in [0.29, 0.717) is 18.5 Å². The van der Waals surface area contributed by atoms with Gasteiger partial charge in [0.1, 0.15) is 18.6 Å². The van der Waals surface area contributed by atoms with E-state index in [1.165, 1.54) is 57.8 Å². The fraction of sp³-hybridized carbons (Fsp3) is 0.697. The summed E-state index contributed by atoms with van der Waals surface area (Å²) in [6, 6.07) is 10.6. The summed E-state index contributed by atoms with van der Waals surface area (Å²) < 4.78 is 11.6. The van der Waals surface area contributed by atoms with E-state index < -0.39 is 5.92 Å². The molecular weight excluding hydrogens is 474 g/mol. The minimum absolute atomic E-state index is 0.0412. The van der Waals surface area contributed by atoms with Crippen LogP contribution in [0.1, 0.15) is 121 Å². The molecule has 0 N–H and O–H groups in total. The van der Waals surface area contributed by atoms with Crippen LogP contribution in [0, 0.1) is 0 Å². The molecule has 5 heteroatoms. The molecule has 212 valence electrons. The van der Waals surface area contributed by atoms with E-state index in [2.05, 4.69) is 31.0 Å². The van der Waals surface area contributed by atoms with Crippen molar-refractivity contribution in [1.29, 1.82) is 0 Å². The first kappa shape index (κ1) is 30.4. The third kappa shape index (κ3) is 10.6. The van der Waals surface area contributed by atoms with Gasteiger partial charge >= 0.3 is 11.9 Å². The van der Waals surface area contributed by atoms with Gasteiger partial charge in [-0.3, -0.25) is 9.59 Å². The average Bonchev–Trinajstić information content (AvgIpc) is 3.11. The van der Waals surface area contributed by atoms with Crippen molar-refractivity contribution in [2.24, 2.45) is 0 Å². The first-order valence-electron chi connectivity index (χ1n) is 15.4. The van der Waals surface area contributed by atoms with Crippen molar-refractivity contribution in [3.05, 3.63) is 48.0 Å². The van der Waals surface area contributed by atoms with Crippen LogP contribution in [0.2, 0.25) is 0 Å². The van der Waals surface area contributed by atoms with Crippen LogP contribution in [0.5, 0.6) is 0 Å². The monoisotopic (exact) mass is 525 g/mol. The molecule has 0 radical (unpaired) electrons. The van der Waals surface area contributed by atoms with E-state index in [-0.39, 0.29) is 24.6 Å². The van der Waals surface area contributed by atoms with E-state index >= 15 is 0 Å². The maximum Gasteiger partial charge on any atom is 0.317 e. The Labute approximate surface area is 231 Å². The minimum Gasteiger partial charge on any atom is -0.464 e. The Hall–Kier alpha value is -2.14. The summed E-state index contributed by atoms with van der Waals surface area (Å²) in [5.74, 6) is -1.08. The predicted octanol–water partition coefficient (Wildman–Crippen LogP) is 7.74. The highest BCUT2D eigenvalue weighted by Gasteiger charge is 2.40. The van der Waals surface area contributed by atoms with Gasteiger partial charge in [-0.2, -0.15) is 0 Å². The van der Waals surface area contributed by atoms with Gasteiger partial charge in [-0.15, -0.1) is 0 Å². The number of carbonyl (C=O) groups excluding carboxylic acids is 2. The van der Waals surface area contributed by atoms with Gasteiger partial charge in [-0.1, -0.05) is 87.9 Å². The van der Waals surface area contributed by atoms with Crippen molar-refractivity contribution in [3.63, 3.8) is 0 Å². The van der Waals surface area contributed by atoms with Crippen molar-refractivity contribution in [1.82, 2.24) is 4.90 Å². The molecule has 5 nitrogen and oxygen atoms in total. The molecule has 1 aromatic carbocycles. The molecule has 38 heavy (non-hydrogen) atoms. The first-order valence-corrected chi connectivity index (χ1v) is 15.4. The van der Waals surface area contributed by atoms with E-state index in [4.69, 9.17) is 9.47 Å². The molecule has 2 saturated heterocycles. The van der Waals surface area contributed by atoms with E-state index in [9.17, 15) is 9.59 Å². The lowest BCUT2D eigenvalue weighted by atomic mass is 9.98.